The van der Waals surface area contributed by atoms with E-state index in [1.54, 1.807) is 28.4 Å². The fourth-order valence-electron chi connectivity index (χ4n) is 4.51. The molecule has 10 nitrogen and oxygen atoms in total. The first-order valence-electron chi connectivity index (χ1n) is 16.1. The number of hydrogen-bond donors (Lipinski definition) is 0. The Labute approximate surface area is 285 Å². The molecule has 0 amide bonds. The normalized spacial score (nSPS) is 11.3. The highest BCUT2D eigenvalue weighted by Crippen LogP contribution is 2.40. The minimum Gasteiger partial charge on any atom is -0.493 e. The van der Waals surface area contributed by atoms with Crippen LogP contribution >= 0.6 is 0 Å². The predicted octanol–water partition coefficient (Wildman–Crippen LogP) is 6.93. The minimum atomic E-state index is 0.363. The van der Waals surface area contributed by atoms with Gasteiger partial charge in [-0.1, -0.05) is 48.6 Å². The molecular formula is C38H50O10. The van der Waals surface area contributed by atoms with Gasteiger partial charge in [0.1, 0.15) is 13.2 Å². The summed E-state index contributed by atoms with van der Waals surface area (Å²) in [6.45, 7) is 9.01. The van der Waals surface area contributed by atoms with Gasteiger partial charge in [0, 0.05) is 13.2 Å². The Morgan fingerprint density at radius 1 is 0.396 bits per heavy atom. The van der Waals surface area contributed by atoms with E-state index in [0.29, 0.717) is 101 Å². The Hall–Kier alpha value is -4.22. The molecule has 0 saturated heterocycles. The van der Waals surface area contributed by atoms with E-state index >= 15 is 0 Å². The molecule has 0 aliphatic carbocycles. The second-order valence-corrected chi connectivity index (χ2v) is 10.2. The fourth-order valence-corrected chi connectivity index (χ4v) is 4.51. The van der Waals surface area contributed by atoms with Crippen LogP contribution in [0.2, 0.25) is 0 Å². The van der Waals surface area contributed by atoms with Crippen LogP contribution in [0.4, 0.5) is 0 Å². The van der Waals surface area contributed by atoms with E-state index < -0.39 is 0 Å². The number of hydrogen-bond acceptors (Lipinski definition) is 10. The highest BCUT2D eigenvalue weighted by molar-refractivity contribution is 5.75. The molecule has 3 rings (SSSR count). The summed E-state index contributed by atoms with van der Waals surface area (Å²) in [6, 6.07) is 15.9. The van der Waals surface area contributed by atoms with Crippen LogP contribution in [0.5, 0.6) is 34.5 Å². The number of benzene rings is 3. The zero-order chi connectivity index (χ0) is 34.4. The molecule has 0 aliphatic heterocycles. The lowest BCUT2D eigenvalue weighted by atomic mass is 10.1. The van der Waals surface area contributed by atoms with Crippen molar-refractivity contribution in [3.05, 3.63) is 70.8 Å². The van der Waals surface area contributed by atoms with E-state index in [4.69, 9.17) is 47.4 Å². The van der Waals surface area contributed by atoms with Gasteiger partial charge >= 0.3 is 0 Å². The molecule has 0 heterocycles. The van der Waals surface area contributed by atoms with E-state index in [9.17, 15) is 0 Å². The van der Waals surface area contributed by atoms with Gasteiger partial charge < -0.3 is 47.4 Å². The lowest BCUT2D eigenvalue weighted by Crippen LogP contribution is -2.11. The summed E-state index contributed by atoms with van der Waals surface area (Å²) in [6.07, 6.45) is 8.08. The third kappa shape index (κ3) is 12.8. The Kier molecular flexibility index (Phi) is 17.8. The van der Waals surface area contributed by atoms with Gasteiger partial charge in [-0.3, -0.25) is 0 Å². The molecule has 0 saturated carbocycles. The van der Waals surface area contributed by atoms with Gasteiger partial charge in [0.2, 0.25) is 11.5 Å². The molecule has 3 aromatic carbocycles. The van der Waals surface area contributed by atoms with Crippen LogP contribution in [0.1, 0.15) is 36.1 Å². The molecule has 3 aromatic rings. The molecule has 0 unspecified atom stereocenters. The number of rotatable bonds is 24. The number of methoxy groups -OCH3 is 4. The Morgan fingerprint density at radius 2 is 0.688 bits per heavy atom. The average Bonchev–Trinajstić information content (AvgIpc) is 3.12. The van der Waals surface area contributed by atoms with Crippen molar-refractivity contribution in [3.63, 3.8) is 0 Å². The van der Waals surface area contributed by atoms with Gasteiger partial charge in [-0.2, -0.15) is 0 Å². The predicted molar refractivity (Wildman–Crippen MR) is 189 cm³/mol. The topological polar surface area (TPSA) is 92.3 Å². The first-order valence-corrected chi connectivity index (χ1v) is 16.1. The highest BCUT2D eigenvalue weighted by atomic mass is 16.6. The standard InChI is InChI=1S/C38H50O10/c1-7-43-17-19-45-21-23-47-37-33(39-3)25-31(26-34(37)40-4)15-13-29-9-11-30(12-10-29)14-16-32-27-35(41-5)38(36(28-32)42-6)48-24-22-46-20-18-44-8-2/h9-16,25-28H,7-8,17-24H2,1-6H3/b15-13+,16-14+. The van der Waals surface area contributed by atoms with Crippen molar-refractivity contribution in [1.29, 1.82) is 0 Å². The van der Waals surface area contributed by atoms with Gasteiger partial charge in [-0.25, -0.2) is 0 Å². The van der Waals surface area contributed by atoms with Gasteiger partial charge in [0.25, 0.3) is 0 Å². The zero-order valence-electron chi connectivity index (χ0n) is 29.1. The van der Waals surface area contributed by atoms with Crippen molar-refractivity contribution in [2.45, 2.75) is 13.8 Å². The van der Waals surface area contributed by atoms with Crippen molar-refractivity contribution in [2.24, 2.45) is 0 Å². The fraction of sp³-hybridized carbons (Fsp3) is 0.421. The van der Waals surface area contributed by atoms with E-state index in [0.717, 1.165) is 22.3 Å². The van der Waals surface area contributed by atoms with Crippen LogP contribution in [-0.2, 0) is 18.9 Å². The first-order chi connectivity index (χ1) is 23.6. The molecule has 0 atom stereocenters. The molecule has 0 bridgehead atoms. The lowest BCUT2D eigenvalue weighted by Gasteiger charge is -2.15. The second-order valence-electron chi connectivity index (χ2n) is 10.2. The summed E-state index contributed by atoms with van der Waals surface area (Å²) in [4.78, 5) is 0. The molecule has 0 fully saturated rings. The smallest absolute Gasteiger partial charge is 0.203 e. The van der Waals surface area contributed by atoms with Crippen LogP contribution in [0.3, 0.4) is 0 Å². The lowest BCUT2D eigenvalue weighted by molar-refractivity contribution is 0.0398. The van der Waals surface area contributed by atoms with E-state index in [2.05, 4.69) is 24.3 Å². The Bertz CT molecular complexity index is 1240. The van der Waals surface area contributed by atoms with Crippen molar-refractivity contribution >= 4 is 24.3 Å². The van der Waals surface area contributed by atoms with Crippen molar-refractivity contribution in [1.82, 2.24) is 0 Å². The van der Waals surface area contributed by atoms with Crippen LogP contribution < -0.4 is 28.4 Å². The second kappa shape index (κ2) is 22.4. The third-order valence-electron chi connectivity index (χ3n) is 6.94. The summed E-state index contributed by atoms with van der Waals surface area (Å²) in [5.74, 6) is 3.41. The first kappa shape index (κ1) is 38.2. The van der Waals surface area contributed by atoms with Crippen LogP contribution in [0.15, 0.2) is 48.5 Å². The summed E-state index contributed by atoms with van der Waals surface area (Å²) in [7, 11) is 6.43. The number of ether oxygens (including phenoxy) is 10. The van der Waals surface area contributed by atoms with Crippen molar-refractivity contribution in [3.8, 4) is 34.5 Å². The van der Waals surface area contributed by atoms with Gasteiger partial charge in [0.15, 0.2) is 23.0 Å². The quantitative estimate of drug-likeness (QED) is 0.0741. The molecule has 0 N–H and O–H groups in total. The maximum Gasteiger partial charge on any atom is 0.203 e. The van der Waals surface area contributed by atoms with E-state index in [1.165, 1.54) is 0 Å². The molecular weight excluding hydrogens is 616 g/mol. The minimum absolute atomic E-state index is 0.363. The average molecular weight is 667 g/mol. The van der Waals surface area contributed by atoms with Gasteiger partial charge in [-0.15, -0.1) is 0 Å². The highest BCUT2D eigenvalue weighted by Gasteiger charge is 2.15. The Balaban J connectivity index is 1.61. The van der Waals surface area contributed by atoms with Gasteiger partial charge in [-0.05, 0) is 60.4 Å². The monoisotopic (exact) mass is 666 g/mol. The van der Waals surface area contributed by atoms with Gasteiger partial charge in [0.05, 0.1) is 68.1 Å². The van der Waals surface area contributed by atoms with Crippen LogP contribution in [-0.4, -0.2) is 94.5 Å². The van der Waals surface area contributed by atoms with E-state index in [-0.39, 0.29) is 0 Å². The molecule has 262 valence electrons. The van der Waals surface area contributed by atoms with Crippen molar-refractivity contribution in [2.75, 3.05) is 94.5 Å². The molecule has 0 radical (unpaired) electrons. The summed E-state index contributed by atoms with van der Waals surface area (Å²) in [5, 5.41) is 0. The molecule has 0 spiro atoms. The summed E-state index contributed by atoms with van der Waals surface area (Å²) >= 11 is 0. The maximum atomic E-state index is 5.93. The van der Waals surface area contributed by atoms with Crippen molar-refractivity contribution < 1.29 is 47.4 Å². The SMILES string of the molecule is CCOCCOCCOc1c(OC)cc(/C=C/c2ccc(/C=C/c3cc(OC)c(OCCOCCOCC)c(OC)c3)cc2)cc1OC. The third-order valence-corrected chi connectivity index (χ3v) is 6.94. The zero-order valence-corrected chi connectivity index (χ0v) is 29.1. The Morgan fingerprint density at radius 3 is 1.00 bits per heavy atom. The summed E-state index contributed by atoms with van der Waals surface area (Å²) in [5.41, 5.74) is 3.91. The molecule has 48 heavy (non-hydrogen) atoms. The molecule has 0 aliphatic rings. The maximum absolute atomic E-state index is 5.93. The van der Waals surface area contributed by atoms with Crippen LogP contribution in [0.25, 0.3) is 24.3 Å². The van der Waals surface area contributed by atoms with Crippen LogP contribution in [0, 0.1) is 0 Å². The van der Waals surface area contributed by atoms with E-state index in [1.807, 2.05) is 62.4 Å². The summed E-state index contributed by atoms with van der Waals surface area (Å²) < 4.78 is 55.9. The molecule has 0 aromatic heterocycles. The molecule has 10 heteroatoms. The largest absolute Gasteiger partial charge is 0.493 e.